The lowest BCUT2D eigenvalue weighted by molar-refractivity contribution is 0.415. The smallest absolute Gasteiger partial charge is 0.128 e. The predicted molar refractivity (Wildman–Crippen MR) is 110 cm³/mol. The maximum atomic E-state index is 13.8. The number of methoxy groups -OCH3 is 1. The Labute approximate surface area is 162 Å². The molecule has 134 valence electrons. The normalized spacial score (nSPS) is 10.9. The van der Waals surface area contributed by atoms with Crippen LogP contribution in [0.1, 0.15) is 5.56 Å². The van der Waals surface area contributed by atoms with Gasteiger partial charge >= 0.3 is 0 Å². The quantitative estimate of drug-likeness (QED) is 0.380. The first kappa shape index (κ1) is 17.6. The lowest BCUT2D eigenvalue weighted by atomic mass is 10.0. The minimum Gasteiger partial charge on any atom is -0.496 e. The molecule has 3 aromatic carbocycles. The number of nitrogens with zero attached hydrogens (tertiary/aromatic N) is 1. The molecular weight excluding hydrogens is 357 g/mol. The van der Waals surface area contributed by atoms with Crippen LogP contribution >= 0.6 is 11.8 Å². The molecule has 4 aromatic rings. The van der Waals surface area contributed by atoms with Crippen LogP contribution in [0.3, 0.4) is 0 Å². The third kappa shape index (κ3) is 3.81. The number of hydrogen-bond acceptors (Lipinski definition) is 3. The number of benzene rings is 3. The summed E-state index contributed by atoms with van der Waals surface area (Å²) in [6, 6.07) is 23.2. The van der Waals surface area contributed by atoms with Gasteiger partial charge in [-0.05, 0) is 47.3 Å². The largest absolute Gasteiger partial charge is 0.496 e. The van der Waals surface area contributed by atoms with Gasteiger partial charge in [-0.2, -0.15) is 0 Å². The maximum absolute atomic E-state index is 13.8. The average Bonchev–Trinajstić information content (AvgIpc) is 2.72. The minimum atomic E-state index is -0.306. The highest BCUT2D eigenvalue weighted by Gasteiger charge is 2.12. The summed E-state index contributed by atoms with van der Waals surface area (Å²) in [7, 11) is 1.58. The maximum Gasteiger partial charge on any atom is 0.128 e. The molecule has 0 saturated heterocycles. The fraction of sp³-hybridized carbons (Fsp3) is 0.0870. The van der Waals surface area contributed by atoms with E-state index in [-0.39, 0.29) is 5.82 Å². The van der Waals surface area contributed by atoms with Crippen molar-refractivity contribution >= 4 is 22.5 Å². The van der Waals surface area contributed by atoms with Crippen LogP contribution in [0.15, 0.2) is 83.9 Å². The van der Waals surface area contributed by atoms with E-state index in [2.05, 4.69) is 47.4 Å². The third-order valence-corrected chi connectivity index (χ3v) is 5.47. The molecule has 1 aromatic heterocycles. The lowest BCUT2D eigenvalue weighted by Gasteiger charge is -2.11. The molecule has 4 rings (SSSR count). The van der Waals surface area contributed by atoms with Gasteiger partial charge in [0.2, 0.25) is 0 Å². The molecule has 0 aliphatic carbocycles. The SMILES string of the molecule is COc1ccc(F)cc1-c1nccc2cc(SCc3ccccc3)ccc12. The van der Waals surface area contributed by atoms with Gasteiger partial charge in [-0.15, -0.1) is 11.8 Å². The van der Waals surface area contributed by atoms with Crippen molar-refractivity contribution in [3.05, 3.63) is 90.4 Å². The first-order chi connectivity index (χ1) is 13.2. The second-order valence-electron chi connectivity index (χ2n) is 6.16. The fourth-order valence-electron chi connectivity index (χ4n) is 3.07. The number of thioether (sulfide) groups is 1. The van der Waals surface area contributed by atoms with Crippen molar-refractivity contribution in [1.29, 1.82) is 0 Å². The van der Waals surface area contributed by atoms with E-state index in [9.17, 15) is 4.39 Å². The van der Waals surface area contributed by atoms with Crippen LogP contribution in [0, 0.1) is 5.82 Å². The van der Waals surface area contributed by atoms with E-state index in [4.69, 9.17) is 4.74 Å². The minimum absolute atomic E-state index is 0.306. The van der Waals surface area contributed by atoms with Gasteiger partial charge in [0, 0.05) is 27.8 Å². The first-order valence-corrected chi connectivity index (χ1v) is 9.62. The Morgan fingerprint density at radius 1 is 0.963 bits per heavy atom. The molecule has 0 atom stereocenters. The fourth-order valence-corrected chi connectivity index (χ4v) is 3.97. The monoisotopic (exact) mass is 375 g/mol. The molecule has 27 heavy (non-hydrogen) atoms. The summed E-state index contributed by atoms with van der Waals surface area (Å²) >= 11 is 1.80. The molecule has 1 heterocycles. The summed E-state index contributed by atoms with van der Waals surface area (Å²) < 4.78 is 19.2. The highest BCUT2D eigenvalue weighted by molar-refractivity contribution is 7.98. The number of hydrogen-bond donors (Lipinski definition) is 0. The molecule has 0 radical (unpaired) electrons. The lowest BCUT2D eigenvalue weighted by Crippen LogP contribution is -1.92. The van der Waals surface area contributed by atoms with Crippen molar-refractivity contribution in [2.45, 2.75) is 10.6 Å². The van der Waals surface area contributed by atoms with Crippen LogP contribution in [-0.2, 0) is 5.75 Å². The molecule has 0 bridgehead atoms. The van der Waals surface area contributed by atoms with Gasteiger partial charge in [-0.25, -0.2) is 4.39 Å². The van der Waals surface area contributed by atoms with Gasteiger partial charge in [0.1, 0.15) is 11.6 Å². The van der Waals surface area contributed by atoms with Crippen LogP contribution in [0.2, 0.25) is 0 Å². The Bertz CT molecular complexity index is 1080. The Morgan fingerprint density at radius 3 is 2.63 bits per heavy atom. The van der Waals surface area contributed by atoms with Crippen molar-refractivity contribution < 1.29 is 9.13 Å². The number of aromatic nitrogens is 1. The molecule has 0 saturated carbocycles. The number of halogens is 1. The average molecular weight is 375 g/mol. The van der Waals surface area contributed by atoms with E-state index in [1.54, 1.807) is 31.1 Å². The summed E-state index contributed by atoms with van der Waals surface area (Å²) in [5.41, 5.74) is 2.68. The van der Waals surface area contributed by atoms with E-state index in [1.807, 2.05) is 12.1 Å². The van der Waals surface area contributed by atoms with Crippen molar-refractivity contribution in [2.24, 2.45) is 0 Å². The van der Waals surface area contributed by atoms with Gasteiger partial charge in [-0.1, -0.05) is 36.4 Å². The van der Waals surface area contributed by atoms with Crippen molar-refractivity contribution in [1.82, 2.24) is 4.98 Å². The predicted octanol–water partition coefficient (Wildman–Crippen LogP) is 6.34. The molecule has 0 N–H and O–H groups in total. The molecule has 0 aliphatic rings. The van der Waals surface area contributed by atoms with E-state index in [0.29, 0.717) is 11.3 Å². The van der Waals surface area contributed by atoms with Crippen LogP contribution in [0.25, 0.3) is 22.0 Å². The summed E-state index contributed by atoms with van der Waals surface area (Å²) in [6.07, 6.45) is 1.76. The van der Waals surface area contributed by atoms with Crippen LogP contribution < -0.4 is 4.74 Å². The van der Waals surface area contributed by atoms with Gasteiger partial charge in [0.05, 0.1) is 12.8 Å². The number of rotatable bonds is 5. The van der Waals surface area contributed by atoms with E-state index < -0.39 is 0 Å². The molecule has 0 amide bonds. The van der Waals surface area contributed by atoms with E-state index in [1.165, 1.54) is 22.6 Å². The number of pyridine rings is 1. The zero-order valence-electron chi connectivity index (χ0n) is 14.9. The van der Waals surface area contributed by atoms with Crippen LogP contribution in [0.5, 0.6) is 5.75 Å². The molecule has 0 unspecified atom stereocenters. The standard InChI is InChI=1S/C23H18FNOS/c1-26-22-10-7-18(24)14-21(22)23-20-9-8-19(13-17(20)11-12-25-23)27-15-16-5-3-2-4-6-16/h2-14H,15H2,1H3. The third-order valence-electron chi connectivity index (χ3n) is 4.40. The second-order valence-corrected chi connectivity index (χ2v) is 7.21. The summed E-state index contributed by atoms with van der Waals surface area (Å²) in [4.78, 5) is 5.69. The van der Waals surface area contributed by atoms with Gasteiger partial charge < -0.3 is 4.74 Å². The van der Waals surface area contributed by atoms with E-state index >= 15 is 0 Å². The molecule has 4 heteroatoms. The van der Waals surface area contributed by atoms with Crippen molar-refractivity contribution in [3.63, 3.8) is 0 Å². The van der Waals surface area contributed by atoms with Crippen LogP contribution in [-0.4, -0.2) is 12.1 Å². The highest BCUT2D eigenvalue weighted by atomic mass is 32.2. The van der Waals surface area contributed by atoms with Crippen LogP contribution in [0.4, 0.5) is 4.39 Å². The second kappa shape index (κ2) is 7.80. The Morgan fingerprint density at radius 2 is 1.81 bits per heavy atom. The Balaban J connectivity index is 1.70. The zero-order chi connectivity index (χ0) is 18.6. The molecule has 2 nitrogen and oxygen atoms in total. The summed E-state index contributed by atoms with van der Waals surface area (Å²) in [6.45, 7) is 0. The zero-order valence-corrected chi connectivity index (χ0v) is 15.7. The van der Waals surface area contributed by atoms with Gasteiger partial charge in [-0.3, -0.25) is 4.98 Å². The number of ether oxygens (including phenoxy) is 1. The Kier molecular flexibility index (Phi) is 5.07. The van der Waals surface area contributed by atoms with Crippen molar-refractivity contribution in [3.8, 4) is 17.0 Å². The van der Waals surface area contributed by atoms with Gasteiger partial charge in [0.15, 0.2) is 0 Å². The first-order valence-electron chi connectivity index (χ1n) is 8.64. The number of fused-ring (bicyclic) bond motifs is 1. The molecule has 0 fully saturated rings. The topological polar surface area (TPSA) is 22.1 Å². The highest BCUT2D eigenvalue weighted by Crippen LogP contribution is 2.35. The van der Waals surface area contributed by atoms with Gasteiger partial charge in [0.25, 0.3) is 0 Å². The summed E-state index contributed by atoms with van der Waals surface area (Å²) in [5, 5.41) is 2.05. The molecular formula is C23H18FNOS. The van der Waals surface area contributed by atoms with Crippen molar-refractivity contribution in [2.75, 3.05) is 7.11 Å². The molecule has 0 aliphatic heterocycles. The summed E-state index contributed by atoms with van der Waals surface area (Å²) in [5.74, 6) is 1.22. The molecule has 0 spiro atoms. The Hall–Kier alpha value is -2.85. The van der Waals surface area contributed by atoms with E-state index in [0.717, 1.165) is 22.2 Å².